The number of thioether (sulfide) groups is 1. The van der Waals surface area contributed by atoms with Crippen LogP contribution in [0.2, 0.25) is 10.0 Å². The summed E-state index contributed by atoms with van der Waals surface area (Å²) in [6.07, 6.45) is 5.80. The van der Waals surface area contributed by atoms with Crippen LogP contribution in [0.4, 0.5) is 0 Å². The van der Waals surface area contributed by atoms with Gasteiger partial charge in [0.1, 0.15) is 5.54 Å². The van der Waals surface area contributed by atoms with Crippen molar-refractivity contribution in [3.05, 3.63) is 63.1 Å². The smallest absolute Gasteiger partial charge is 0.163 e. The van der Waals surface area contributed by atoms with Crippen LogP contribution in [0.25, 0.3) is 0 Å². The first-order valence-electron chi connectivity index (χ1n) is 10.1. The first kappa shape index (κ1) is 21.2. The Labute approximate surface area is 187 Å². The highest BCUT2D eigenvalue weighted by atomic mass is 35.5. The number of nitrogens with zero attached hydrogens (tertiary/aromatic N) is 1. The lowest BCUT2D eigenvalue weighted by atomic mass is 9.77. The fourth-order valence-corrected chi connectivity index (χ4v) is 5.64. The normalized spacial score (nSPS) is 21.9. The zero-order chi connectivity index (χ0) is 20.4. The molecule has 0 radical (unpaired) electrons. The number of carbonyl (C=O) groups is 1. The quantitative estimate of drug-likeness (QED) is 0.632. The molecule has 154 valence electrons. The van der Waals surface area contributed by atoms with Gasteiger partial charge in [0.25, 0.3) is 0 Å². The maximum absolute atomic E-state index is 13.9. The topological polar surface area (TPSA) is 32.3 Å². The second-order valence-electron chi connectivity index (χ2n) is 7.90. The van der Waals surface area contributed by atoms with Crippen LogP contribution in [0, 0.1) is 0 Å². The molecule has 0 aliphatic carbocycles. The number of fused-ring (bicyclic) bond motifs is 1. The molecule has 0 bridgehead atoms. The number of ketones is 1. The van der Waals surface area contributed by atoms with Crippen LogP contribution in [0.15, 0.2) is 41.3 Å². The van der Waals surface area contributed by atoms with Crippen molar-refractivity contribution >= 4 is 40.7 Å². The van der Waals surface area contributed by atoms with Gasteiger partial charge in [-0.15, -0.1) is 11.8 Å². The van der Waals surface area contributed by atoms with Crippen molar-refractivity contribution in [3.8, 4) is 0 Å². The third-order valence-electron chi connectivity index (χ3n) is 6.10. The molecule has 1 unspecified atom stereocenters. The Hall–Kier alpha value is -1.04. The predicted octanol–water partition coefficient (Wildman–Crippen LogP) is 4.96. The molecule has 6 heteroatoms. The molecule has 3 nitrogen and oxygen atoms in total. The van der Waals surface area contributed by atoms with E-state index in [1.165, 1.54) is 23.3 Å². The Balaban J connectivity index is 1.74. The van der Waals surface area contributed by atoms with Crippen LogP contribution in [-0.2, 0) is 23.2 Å². The third-order valence-corrected chi connectivity index (χ3v) is 7.66. The van der Waals surface area contributed by atoms with Crippen LogP contribution < -0.4 is 5.32 Å². The van der Waals surface area contributed by atoms with Gasteiger partial charge >= 0.3 is 0 Å². The van der Waals surface area contributed by atoms with E-state index < -0.39 is 5.54 Å². The van der Waals surface area contributed by atoms with Crippen molar-refractivity contribution in [2.75, 3.05) is 32.4 Å². The highest BCUT2D eigenvalue weighted by Crippen LogP contribution is 2.37. The van der Waals surface area contributed by atoms with Crippen LogP contribution in [0.5, 0.6) is 0 Å². The van der Waals surface area contributed by atoms with Crippen molar-refractivity contribution in [2.24, 2.45) is 0 Å². The summed E-state index contributed by atoms with van der Waals surface area (Å²) in [5, 5.41) is 4.66. The van der Waals surface area contributed by atoms with Crippen LogP contribution in [0.1, 0.15) is 29.5 Å². The number of rotatable bonds is 6. The van der Waals surface area contributed by atoms with Crippen molar-refractivity contribution in [1.82, 2.24) is 10.2 Å². The average Bonchev–Trinajstić information content (AvgIpc) is 3.23. The van der Waals surface area contributed by atoms with E-state index in [1.807, 2.05) is 12.1 Å². The van der Waals surface area contributed by atoms with Gasteiger partial charge in [0.05, 0.1) is 10.0 Å². The minimum absolute atomic E-state index is 0.196. The van der Waals surface area contributed by atoms with E-state index in [0.717, 1.165) is 43.7 Å². The number of likely N-dealkylation sites (tertiary alicyclic amines) is 1. The number of halogens is 2. The van der Waals surface area contributed by atoms with E-state index in [0.29, 0.717) is 16.5 Å². The highest BCUT2D eigenvalue weighted by Gasteiger charge is 2.44. The summed E-state index contributed by atoms with van der Waals surface area (Å²) in [6, 6.07) is 11.9. The Kier molecular flexibility index (Phi) is 6.57. The number of nitrogens with one attached hydrogen (secondary N) is 1. The van der Waals surface area contributed by atoms with E-state index in [1.54, 1.807) is 17.8 Å². The Morgan fingerprint density at radius 3 is 2.69 bits per heavy atom. The number of Topliss-reactive ketones (excluding diaryl/α,β-unsaturated/α-hetero) is 1. The van der Waals surface area contributed by atoms with Crippen LogP contribution in [-0.4, -0.2) is 43.1 Å². The second-order valence-corrected chi connectivity index (χ2v) is 9.56. The third kappa shape index (κ3) is 4.24. The number of hydrogen-bond donors (Lipinski definition) is 1. The summed E-state index contributed by atoms with van der Waals surface area (Å²) < 4.78 is 0. The van der Waals surface area contributed by atoms with Crippen molar-refractivity contribution in [2.45, 2.75) is 36.1 Å². The molecule has 1 fully saturated rings. The number of benzene rings is 2. The van der Waals surface area contributed by atoms with E-state index in [9.17, 15) is 4.79 Å². The van der Waals surface area contributed by atoms with Crippen molar-refractivity contribution in [3.63, 3.8) is 0 Å². The Bertz CT molecular complexity index is 914. The highest BCUT2D eigenvalue weighted by molar-refractivity contribution is 7.98. The summed E-state index contributed by atoms with van der Waals surface area (Å²) in [4.78, 5) is 17.6. The van der Waals surface area contributed by atoms with Gasteiger partial charge < -0.3 is 4.90 Å². The van der Waals surface area contributed by atoms with Crippen LogP contribution >= 0.6 is 35.0 Å². The number of hydrogen-bond acceptors (Lipinski definition) is 4. The first-order valence-corrected chi connectivity index (χ1v) is 12.1. The summed E-state index contributed by atoms with van der Waals surface area (Å²) in [7, 11) is 0. The molecule has 2 heterocycles. The Morgan fingerprint density at radius 1 is 1.17 bits per heavy atom. The van der Waals surface area contributed by atoms with Gasteiger partial charge in [-0.3, -0.25) is 10.1 Å². The minimum Gasteiger partial charge on any atom is -0.301 e. The average molecular weight is 449 g/mol. The zero-order valence-electron chi connectivity index (χ0n) is 16.6. The van der Waals surface area contributed by atoms with Gasteiger partial charge in [0.15, 0.2) is 5.78 Å². The monoisotopic (exact) mass is 448 g/mol. The molecule has 0 spiro atoms. The maximum atomic E-state index is 13.9. The molecule has 0 amide bonds. The van der Waals surface area contributed by atoms with E-state index in [2.05, 4.69) is 34.7 Å². The molecule has 0 aromatic heterocycles. The minimum atomic E-state index is -0.685. The molecule has 2 aromatic rings. The fourth-order valence-electron chi connectivity index (χ4n) is 4.65. The summed E-state index contributed by atoms with van der Waals surface area (Å²) >= 11 is 14.0. The molecule has 2 aliphatic rings. The largest absolute Gasteiger partial charge is 0.301 e. The van der Waals surface area contributed by atoms with Gasteiger partial charge in [0, 0.05) is 24.4 Å². The summed E-state index contributed by atoms with van der Waals surface area (Å²) in [5.41, 5.74) is 2.68. The summed E-state index contributed by atoms with van der Waals surface area (Å²) in [6.45, 7) is 3.64. The predicted molar refractivity (Wildman–Crippen MR) is 122 cm³/mol. The maximum Gasteiger partial charge on any atom is 0.163 e. The molecular weight excluding hydrogens is 423 g/mol. The molecule has 1 atom stereocenters. The van der Waals surface area contributed by atoms with Crippen molar-refractivity contribution < 1.29 is 4.79 Å². The fraction of sp³-hybridized carbons (Fsp3) is 0.435. The first-order chi connectivity index (χ1) is 14.0. The lowest BCUT2D eigenvalue weighted by Gasteiger charge is -2.42. The molecule has 0 saturated carbocycles. The summed E-state index contributed by atoms with van der Waals surface area (Å²) in [5.74, 6) is 0.196. The molecule has 2 aliphatic heterocycles. The lowest BCUT2D eigenvalue weighted by molar-refractivity contribution is -0.126. The van der Waals surface area contributed by atoms with Crippen LogP contribution in [0.3, 0.4) is 0 Å². The van der Waals surface area contributed by atoms with Gasteiger partial charge in [-0.05, 0) is 73.5 Å². The lowest BCUT2D eigenvalue weighted by Crippen LogP contribution is -2.59. The van der Waals surface area contributed by atoms with E-state index >= 15 is 0 Å². The van der Waals surface area contributed by atoms with Gasteiger partial charge in [-0.1, -0.05) is 41.4 Å². The SMILES string of the molecule is CSc1cccc2c1CCNC2(CN1CCCC1)C(=O)Cc1ccc(Cl)c(Cl)c1. The molecule has 4 rings (SSSR count). The van der Waals surface area contributed by atoms with E-state index in [-0.39, 0.29) is 5.78 Å². The second kappa shape index (κ2) is 8.99. The van der Waals surface area contributed by atoms with Gasteiger partial charge in [0.2, 0.25) is 0 Å². The standard InChI is InChI=1S/C23H26Cl2N2OS/c1-29-21-6-4-5-18-17(21)9-10-26-23(18,15-27-11-2-3-12-27)22(28)14-16-7-8-19(24)20(25)13-16/h4-8,13,26H,2-3,9-12,14-15H2,1H3. The van der Waals surface area contributed by atoms with Gasteiger partial charge in [-0.25, -0.2) is 0 Å². The molecule has 1 saturated heterocycles. The van der Waals surface area contributed by atoms with Crippen molar-refractivity contribution in [1.29, 1.82) is 0 Å². The molecule has 1 N–H and O–H groups in total. The molecular formula is C23H26Cl2N2OS. The zero-order valence-corrected chi connectivity index (χ0v) is 19.0. The Morgan fingerprint density at radius 2 is 1.97 bits per heavy atom. The molecule has 2 aromatic carbocycles. The van der Waals surface area contributed by atoms with E-state index in [4.69, 9.17) is 23.2 Å². The van der Waals surface area contributed by atoms with Gasteiger partial charge in [-0.2, -0.15) is 0 Å². The molecule has 29 heavy (non-hydrogen) atoms. The number of carbonyl (C=O) groups excluding carboxylic acids is 1.